The predicted octanol–water partition coefficient (Wildman–Crippen LogP) is 0.761. The number of amides is 1. The minimum Gasteiger partial charge on any atom is -0.463 e. The summed E-state index contributed by atoms with van der Waals surface area (Å²) in [5.74, 6) is -1.07. The number of esters is 1. The first kappa shape index (κ1) is 11.7. The van der Waals surface area contributed by atoms with Gasteiger partial charge in [-0.2, -0.15) is 0 Å². The molecule has 0 aromatic rings. The highest BCUT2D eigenvalue weighted by atomic mass is 16.5. The highest BCUT2D eigenvalue weighted by Crippen LogP contribution is 2.06. The lowest BCUT2D eigenvalue weighted by molar-refractivity contribution is -0.138. The molecule has 0 saturated carbocycles. The van der Waals surface area contributed by atoms with Crippen molar-refractivity contribution >= 4 is 11.9 Å². The van der Waals surface area contributed by atoms with Gasteiger partial charge < -0.3 is 10.5 Å². The van der Waals surface area contributed by atoms with Crippen LogP contribution in [0.5, 0.6) is 0 Å². The molecule has 0 radical (unpaired) electrons. The first-order valence-electron chi connectivity index (χ1n) is 4.28. The molecule has 0 aromatic carbocycles. The van der Waals surface area contributed by atoms with Crippen LogP contribution < -0.4 is 5.73 Å². The van der Waals surface area contributed by atoms with Crippen molar-refractivity contribution in [3.63, 3.8) is 0 Å². The average molecular weight is 185 g/mol. The molecule has 0 aliphatic carbocycles. The van der Waals surface area contributed by atoms with Crippen molar-refractivity contribution in [3.05, 3.63) is 11.6 Å². The van der Waals surface area contributed by atoms with E-state index < -0.39 is 11.9 Å². The predicted molar refractivity (Wildman–Crippen MR) is 48.8 cm³/mol. The first-order valence-corrected chi connectivity index (χ1v) is 4.28. The van der Waals surface area contributed by atoms with Crippen LogP contribution in [0.25, 0.3) is 0 Å². The van der Waals surface area contributed by atoms with Gasteiger partial charge in [0.05, 0.1) is 6.61 Å². The normalized spacial score (nSPS) is 11.1. The third-order valence-corrected chi connectivity index (χ3v) is 1.37. The molecule has 0 atom stereocenters. The second-order valence-corrected chi connectivity index (χ2v) is 2.54. The van der Waals surface area contributed by atoms with Gasteiger partial charge in [-0.3, -0.25) is 4.79 Å². The van der Waals surface area contributed by atoms with E-state index in [1.165, 1.54) is 0 Å². The zero-order valence-electron chi connectivity index (χ0n) is 8.00. The summed E-state index contributed by atoms with van der Waals surface area (Å²) < 4.78 is 4.74. The summed E-state index contributed by atoms with van der Waals surface area (Å²) in [7, 11) is 0. The molecule has 0 aliphatic rings. The Labute approximate surface area is 77.7 Å². The largest absolute Gasteiger partial charge is 0.463 e. The molecule has 74 valence electrons. The molecule has 0 spiro atoms. The zero-order chi connectivity index (χ0) is 10.3. The number of primary amides is 1. The molecule has 13 heavy (non-hydrogen) atoms. The standard InChI is InChI=1S/C9H15NO3/c1-3-5-7(6-8(10)11)9(12)13-4-2/h6H,3-5H2,1-2H3,(H2,10,11). The molecule has 4 heteroatoms. The van der Waals surface area contributed by atoms with Crippen LogP contribution in [0, 0.1) is 0 Å². The Kier molecular flexibility index (Phi) is 5.59. The number of nitrogens with two attached hydrogens (primary N) is 1. The molecule has 0 aliphatic heterocycles. The number of rotatable bonds is 5. The van der Waals surface area contributed by atoms with Crippen LogP contribution in [0.15, 0.2) is 11.6 Å². The Hall–Kier alpha value is -1.32. The highest BCUT2D eigenvalue weighted by Gasteiger charge is 2.09. The van der Waals surface area contributed by atoms with Gasteiger partial charge in [0.15, 0.2) is 0 Å². The van der Waals surface area contributed by atoms with Crippen LogP contribution >= 0.6 is 0 Å². The molecule has 0 unspecified atom stereocenters. The van der Waals surface area contributed by atoms with E-state index in [2.05, 4.69) is 0 Å². The molecule has 4 nitrogen and oxygen atoms in total. The third kappa shape index (κ3) is 5.00. The summed E-state index contributed by atoms with van der Waals surface area (Å²) in [5.41, 5.74) is 5.28. The smallest absolute Gasteiger partial charge is 0.334 e. The van der Waals surface area contributed by atoms with E-state index in [4.69, 9.17) is 10.5 Å². The average Bonchev–Trinajstić information content (AvgIpc) is 2.03. The van der Waals surface area contributed by atoms with Crippen molar-refractivity contribution in [3.8, 4) is 0 Å². The minimum absolute atomic E-state index is 0.304. The van der Waals surface area contributed by atoms with Gasteiger partial charge in [-0.25, -0.2) is 4.79 Å². The molecule has 1 amide bonds. The van der Waals surface area contributed by atoms with Crippen LogP contribution in [0.3, 0.4) is 0 Å². The van der Waals surface area contributed by atoms with Gasteiger partial charge in [0.2, 0.25) is 5.91 Å². The number of carbonyl (C=O) groups is 2. The van der Waals surface area contributed by atoms with Crippen LogP contribution in [0.4, 0.5) is 0 Å². The fourth-order valence-electron chi connectivity index (χ4n) is 0.898. The molecular formula is C9H15NO3. The summed E-state index contributed by atoms with van der Waals surface area (Å²) in [6, 6.07) is 0. The Bertz CT molecular complexity index is 221. The Morgan fingerprint density at radius 2 is 2.00 bits per heavy atom. The molecule has 2 N–H and O–H groups in total. The summed E-state index contributed by atoms with van der Waals surface area (Å²) in [4.78, 5) is 21.7. The van der Waals surface area contributed by atoms with Crippen molar-refractivity contribution in [1.82, 2.24) is 0 Å². The summed E-state index contributed by atoms with van der Waals surface area (Å²) >= 11 is 0. The van der Waals surface area contributed by atoms with E-state index in [0.717, 1.165) is 12.5 Å². The summed E-state index contributed by atoms with van der Waals surface area (Å²) in [6.45, 7) is 3.93. The zero-order valence-corrected chi connectivity index (χ0v) is 8.00. The van der Waals surface area contributed by atoms with Gasteiger partial charge in [-0.15, -0.1) is 0 Å². The van der Waals surface area contributed by atoms with Gasteiger partial charge in [-0.05, 0) is 13.3 Å². The monoisotopic (exact) mass is 185 g/mol. The van der Waals surface area contributed by atoms with Crippen molar-refractivity contribution in [1.29, 1.82) is 0 Å². The highest BCUT2D eigenvalue weighted by molar-refractivity contribution is 5.97. The second-order valence-electron chi connectivity index (χ2n) is 2.54. The lowest BCUT2D eigenvalue weighted by atomic mass is 10.1. The van der Waals surface area contributed by atoms with Crippen LogP contribution in [-0.4, -0.2) is 18.5 Å². The molecule has 0 rings (SSSR count). The Morgan fingerprint density at radius 3 is 2.38 bits per heavy atom. The van der Waals surface area contributed by atoms with Gasteiger partial charge in [0.1, 0.15) is 0 Å². The first-order chi connectivity index (χ1) is 6.11. The second kappa shape index (κ2) is 6.22. The molecule has 0 saturated heterocycles. The van der Waals surface area contributed by atoms with E-state index in [9.17, 15) is 9.59 Å². The fourth-order valence-corrected chi connectivity index (χ4v) is 0.898. The van der Waals surface area contributed by atoms with Crippen LogP contribution in [0.1, 0.15) is 26.7 Å². The summed E-state index contributed by atoms with van der Waals surface area (Å²) in [5, 5.41) is 0. The van der Waals surface area contributed by atoms with Gasteiger partial charge in [-0.1, -0.05) is 13.3 Å². The topological polar surface area (TPSA) is 69.4 Å². The van der Waals surface area contributed by atoms with Crippen LogP contribution in [-0.2, 0) is 14.3 Å². The SMILES string of the molecule is CCCC(=CC(N)=O)C(=O)OCC. The lowest BCUT2D eigenvalue weighted by Gasteiger charge is -2.03. The number of hydrogen-bond acceptors (Lipinski definition) is 3. The van der Waals surface area contributed by atoms with E-state index in [1.54, 1.807) is 6.92 Å². The van der Waals surface area contributed by atoms with Crippen molar-refractivity contribution in [2.45, 2.75) is 26.7 Å². The molecule has 0 fully saturated rings. The molecule has 0 aromatic heterocycles. The van der Waals surface area contributed by atoms with Crippen LogP contribution in [0.2, 0.25) is 0 Å². The number of ether oxygens (including phenoxy) is 1. The number of carbonyl (C=O) groups excluding carboxylic acids is 2. The summed E-state index contributed by atoms with van der Waals surface area (Å²) in [6.07, 6.45) is 2.42. The minimum atomic E-state index is -0.614. The van der Waals surface area contributed by atoms with Crippen molar-refractivity contribution in [2.24, 2.45) is 5.73 Å². The maximum absolute atomic E-state index is 11.2. The van der Waals surface area contributed by atoms with E-state index in [-0.39, 0.29) is 0 Å². The van der Waals surface area contributed by atoms with Crippen molar-refractivity contribution < 1.29 is 14.3 Å². The maximum Gasteiger partial charge on any atom is 0.334 e. The van der Waals surface area contributed by atoms with Gasteiger partial charge >= 0.3 is 5.97 Å². The van der Waals surface area contributed by atoms with E-state index in [1.807, 2.05) is 6.92 Å². The molecule has 0 bridgehead atoms. The Balaban J connectivity index is 4.40. The molecular weight excluding hydrogens is 170 g/mol. The quantitative estimate of drug-likeness (QED) is 0.508. The molecule has 0 heterocycles. The third-order valence-electron chi connectivity index (χ3n) is 1.37. The Morgan fingerprint density at radius 1 is 1.38 bits per heavy atom. The van der Waals surface area contributed by atoms with E-state index in [0.29, 0.717) is 18.6 Å². The lowest BCUT2D eigenvalue weighted by Crippen LogP contribution is -2.13. The van der Waals surface area contributed by atoms with Crippen molar-refractivity contribution in [2.75, 3.05) is 6.61 Å². The van der Waals surface area contributed by atoms with E-state index >= 15 is 0 Å². The maximum atomic E-state index is 11.2. The fraction of sp³-hybridized carbons (Fsp3) is 0.556. The van der Waals surface area contributed by atoms with Gasteiger partial charge in [0, 0.05) is 11.6 Å². The number of hydrogen-bond donors (Lipinski definition) is 1. The van der Waals surface area contributed by atoms with Gasteiger partial charge in [0.25, 0.3) is 0 Å².